The van der Waals surface area contributed by atoms with E-state index in [9.17, 15) is 9.59 Å². The normalized spacial score (nSPS) is 10.7. The molecule has 2 amide bonds. The molecule has 0 bridgehead atoms. The zero-order valence-corrected chi connectivity index (χ0v) is 15.2. The van der Waals surface area contributed by atoms with Gasteiger partial charge in [0.05, 0.1) is 11.1 Å². The van der Waals surface area contributed by atoms with Gasteiger partial charge in [-0.15, -0.1) is 11.3 Å². The number of furan rings is 1. The zero-order chi connectivity index (χ0) is 18.1. The van der Waals surface area contributed by atoms with Crippen LogP contribution in [0.15, 0.2) is 28.1 Å². The number of hydrogen-bond donors (Lipinski definition) is 2. The van der Waals surface area contributed by atoms with Crippen LogP contribution in [0.1, 0.15) is 43.6 Å². The molecule has 0 atom stereocenters. The minimum atomic E-state index is -0.420. The van der Waals surface area contributed by atoms with Crippen molar-refractivity contribution in [3.63, 3.8) is 0 Å². The van der Waals surface area contributed by atoms with Gasteiger partial charge >= 0.3 is 0 Å². The maximum Gasteiger partial charge on any atom is 0.273 e. The number of aromatic nitrogens is 2. The molecule has 0 spiro atoms. The molecule has 0 aliphatic heterocycles. The molecule has 0 saturated carbocycles. The number of nitrogens with one attached hydrogen (secondary N) is 2. The summed E-state index contributed by atoms with van der Waals surface area (Å²) < 4.78 is 7.23. The van der Waals surface area contributed by atoms with Crippen molar-refractivity contribution in [2.24, 2.45) is 0 Å². The summed E-state index contributed by atoms with van der Waals surface area (Å²) in [7, 11) is 0. The second-order valence-electron chi connectivity index (χ2n) is 5.67. The van der Waals surface area contributed by atoms with E-state index >= 15 is 0 Å². The molecule has 0 aliphatic rings. The molecular weight excluding hydrogens is 340 g/mol. The van der Waals surface area contributed by atoms with Gasteiger partial charge in [-0.25, -0.2) is 4.98 Å². The molecule has 0 radical (unpaired) electrons. The number of aryl methyl sites for hydroxylation is 3. The number of carbonyl (C=O) groups is 2. The van der Waals surface area contributed by atoms with Crippen LogP contribution in [0.25, 0.3) is 5.13 Å². The van der Waals surface area contributed by atoms with Gasteiger partial charge in [-0.05, 0) is 39.8 Å². The van der Waals surface area contributed by atoms with Crippen LogP contribution < -0.4 is 10.9 Å². The van der Waals surface area contributed by atoms with Crippen molar-refractivity contribution < 1.29 is 14.0 Å². The van der Waals surface area contributed by atoms with Crippen LogP contribution in [0, 0.1) is 27.7 Å². The molecule has 0 aromatic carbocycles. The molecule has 0 aliphatic carbocycles. The quantitative estimate of drug-likeness (QED) is 0.705. The van der Waals surface area contributed by atoms with Gasteiger partial charge in [-0.1, -0.05) is 0 Å². The van der Waals surface area contributed by atoms with E-state index in [1.807, 2.05) is 23.8 Å². The third-order valence-electron chi connectivity index (χ3n) is 3.86. The topological polar surface area (TPSA) is 89.2 Å². The maximum absolute atomic E-state index is 12.4. The van der Waals surface area contributed by atoms with Crippen molar-refractivity contribution in [1.82, 2.24) is 20.4 Å². The van der Waals surface area contributed by atoms with Crippen molar-refractivity contribution in [3.8, 4) is 5.13 Å². The third-order valence-corrected chi connectivity index (χ3v) is 4.62. The summed E-state index contributed by atoms with van der Waals surface area (Å²) in [6.45, 7) is 7.21. The van der Waals surface area contributed by atoms with Crippen LogP contribution in [-0.2, 0) is 0 Å². The van der Waals surface area contributed by atoms with Crippen LogP contribution in [-0.4, -0.2) is 21.4 Å². The first-order valence-corrected chi connectivity index (χ1v) is 8.53. The second-order valence-corrected chi connectivity index (χ2v) is 6.54. The van der Waals surface area contributed by atoms with Gasteiger partial charge in [0, 0.05) is 23.0 Å². The van der Waals surface area contributed by atoms with Gasteiger partial charge in [0.15, 0.2) is 5.13 Å². The van der Waals surface area contributed by atoms with Crippen molar-refractivity contribution in [2.45, 2.75) is 27.7 Å². The highest BCUT2D eigenvalue weighted by molar-refractivity contribution is 7.12. The standard InChI is InChI=1S/C17H18N4O3S/c1-9-7-13(11(3)21(9)17-18-5-6-25-17)15(22)19-20-16(23)14-8-10(2)24-12(14)4/h5-8H,1-4H3,(H,19,22)(H,20,23). The smallest absolute Gasteiger partial charge is 0.273 e. The summed E-state index contributed by atoms with van der Waals surface area (Å²) in [5, 5.41) is 2.67. The van der Waals surface area contributed by atoms with Crippen molar-refractivity contribution >= 4 is 23.2 Å². The Morgan fingerprint density at radius 3 is 2.32 bits per heavy atom. The lowest BCUT2D eigenvalue weighted by Gasteiger charge is -2.08. The molecule has 130 valence electrons. The Balaban J connectivity index is 1.75. The van der Waals surface area contributed by atoms with Gasteiger partial charge in [-0.3, -0.25) is 25.0 Å². The lowest BCUT2D eigenvalue weighted by Crippen LogP contribution is -2.41. The van der Waals surface area contributed by atoms with E-state index in [2.05, 4.69) is 15.8 Å². The van der Waals surface area contributed by atoms with Crippen LogP contribution in [0.4, 0.5) is 0 Å². The van der Waals surface area contributed by atoms with Crippen molar-refractivity contribution in [3.05, 3.63) is 57.7 Å². The van der Waals surface area contributed by atoms with E-state index < -0.39 is 5.91 Å². The van der Waals surface area contributed by atoms with E-state index in [0.717, 1.165) is 16.5 Å². The Morgan fingerprint density at radius 2 is 1.76 bits per heavy atom. The third kappa shape index (κ3) is 3.20. The average molecular weight is 358 g/mol. The fourth-order valence-corrected chi connectivity index (χ4v) is 3.47. The number of carbonyl (C=O) groups excluding carboxylic acids is 2. The summed E-state index contributed by atoms with van der Waals surface area (Å²) in [4.78, 5) is 28.9. The molecule has 8 heteroatoms. The number of hydrazine groups is 1. The van der Waals surface area contributed by atoms with E-state index in [1.54, 1.807) is 32.2 Å². The monoisotopic (exact) mass is 358 g/mol. The predicted molar refractivity (Wildman–Crippen MR) is 94.0 cm³/mol. The molecule has 2 N–H and O–H groups in total. The highest BCUT2D eigenvalue weighted by Gasteiger charge is 2.19. The summed E-state index contributed by atoms with van der Waals surface area (Å²) in [5.74, 6) is 0.339. The van der Waals surface area contributed by atoms with Gasteiger partial charge in [0.1, 0.15) is 11.5 Å². The first-order valence-electron chi connectivity index (χ1n) is 7.65. The molecule has 0 saturated heterocycles. The van der Waals surface area contributed by atoms with Crippen molar-refractivity contribution in [1.29, 1.82) is 0 Å². The van der Waals surface area contributed by atoms with Crippen LogP contribution in [0.5, 0.6) is 0 Å². The Bertz CT molecular complexity index is 938. The number of hydrogen-bond acceptors (Lipinski definition) is 5. The number of amides is 2. The summed E-state index contributed by atoms with van der Waals surface area (Å²) in [6.07, 6.45) is 1.72. The van der Waals surface area contributed by atoms with Gasteiger partial charge < -0.3 is 4.42 Å². The van der Waals surface area contributed by atoms with Crippen molar-refractivity contribution in [2.75, 3.05) is 0 Å². The summed E-state index contributed by atoms with van der Waals surface area (Å²) >= 11 is 1.49. The highest BCUT2D eigenvalue weighted by Crippen LogP contribution is 2.22. The predicted octanol–water partition coefficient (Wildman–Crippen LogP) is 2.84. The van der Waals surface area contributed by atoms with Crippen LogP contribution in [0.3, 0.4) is 0 Å². The van der Waals surface area contributed by atoms with E-state index in [0.29, 0.717) is 22.6 Å². The number of nitrogens with zero attached hydrogens (tertiary/aromatic N) is 2. The Hall–Kier alpha value is -2.87. The Morgan fingerprint density at radius 1 is 1.08 bits per heavy atom. The molecule has 3 rings (SSSR count). The van der Waals surface area contributed by atoms with Gasteiger partial charge in [0.25, 0.3) is 11.8 Å². The van der Waals surface area contributed by atoms with Crippen LogP contribution in [0.2, 0.25) is 0 Å². The molecule has 3 heterocycles. The maximum atomic E-state index is 12.4. The first kappa shape index (κ1) is 17.0. The largest absolute Gasteiger partial charge is 0.466 e. The molecule has 0 unspecified atom stereocenters. The molecule has 3 aromatic rings. The molecule has 25 heavy (non-hydrogen) atoms. The Labute approximate surface area is 148 Å². The van der Waals surface area contributed by atoms with E-state index in [1.165, 1.54) is 11.3 Å². The molecule has 3 aromatic heterocycles. The second kappa shape index (κ2) is 6.56. The lowest BCUT2D eigenvalue weighted by molar-refractivity contribution is 0.0845. The highest BCUT2D eigenvalue weighted by atomic mass is 32.1. The van der Waals surface area contributed by atoms with Crippen LogP contribution >= 0.6 is 11.3 Å². The minimum absolute atomic E-state index is 0.387. The zero-order valence-electron chi connectivity index (χ0n) is 14.3. The fraction of sp³-hybridized carbons (Fsp3) is 0.235. The van der Waals surface area contributed by atoms with E-state index in [-0.39, 0.29) is 5.91 Å². The first-order chi connectivity index (χ1) is 11.9. The Kier molecular flexibility index (Phi) is 4.45. The molecule has 7 nitrogen and oxygen atoms in total. The lowest BCUT2D eigenvalue weighted by atomic mass is 10.2. The molecule has 0 fully saturated rings. The van der Waals surface area contributed by atoms with Gasteiger partial charge in [-0.2, -0.15) is 0 Å². The summed E-state index contributed by atoms with van der Waals surface area (Å²) in [6, 6.07) is 3.40. The fourth-order valence-electron chi connectivity index (χ4n) is 2.72. The molecular formula is C17H18N4O3S. The number of thiazole rings is 1. The minimum Gasteiger partial charge on any atom is -0.466 e. The average Bonchev–Trinajstić information content (AvgIpc) is 3.25. The van der Waals surface area contributed by atoms with Gasteiger partial charge in [0.2, 0.25) is 0 Å². The summed E-state index contributed by atoms with van der Waals surface area (Å²) in [5.41, 5.74) is 7.40. The number of rotatable bonds is 3. The SMILES string of the molecule is Cc1cc(C(=O)NNC(=O)c2cc(C)n(-c3nccs3)c2C)c(C)o1. The van der Waals surface area contributed by atoms with E-state index in [4.69, 9.17) is 4.42 Å².